The zero-order valence-electron chi connectivity index (χ0n) is 13.7. The number of piperazine rings is 1. The van der Waals surface area contributed by atoms with Gasteiger partial charge in [0, 0.05) is 38.3 Å². The van der Waals surface area contributed by atoms with Gasteiger partial charge in [-0.1, -0.05) is 6.92 Å². The topological polar surface area (TPSA) is 52.7 Å². The second-order valence-electron chi connectivity index (χ2n) is 5.80. The smallest absolute Gasteiger partial charge is 0.253 e. The van der Waals surface area contributed by atoms with Crippen LogP contribution in [-0.2, 0) is 4.79 Å². The highest BCUT2D eigenvalue weighted by Gasteiger charge is 2.27. The molecule has 0 aliphatic carbocycles. The second kappa shape index (κ2) is 8.06. The van der Waals surface area contributed by atoms with Gasteiger partial charge in [0.25, 0.3) is 5.91 Å². The molecular weight excluding hydrogens is 297 g/mol. The van der Waals surface area contributed by atoms with E-state index in [9.17, 15) is 14.0 Å². The molecule has 2 rings (SSSR count). The van der Waals surface area contributed by atoms with Crippen molar-refractivity contribution in [3.63, 3.8) is 0 Å². The normalized spacial score (nSPS) is 16.9. The molecule has 1 aromatic carbocycles. The number of nitrogens with one attached hydrogen (secondary N) is 1. The SMILES string of the molecule is CCCNC(=O)C(C)N1CCN(C(=O)c2ccc(F)cc2)CC1. The maximum Gasteiger partial charge on any atom is 0.253 e. The third-order valence-electron chi connectivity index (χ3n) is 4.17. The summed E-state index contributed by atoms with van der Waals surface area (Å²) in [6, 6.07) is 5.41. The molecule has 0 spiro atoms. The van der Waals surface area contributed by atoms with Crippen molar-refractivity contribution in [3.05, 3.63) is 35.6 Å². The Morgan fingerprint density at radius 2 is 1.78 bits per heavy atom. The standard InChI is InChI=1S/C17H24FN3O2/c1-3-8-19-16(22)13(2)20-9-11-21(12-10-20)17(23)14-4-6-15(18)7-5-14/h4-7,13H,3,8-12H2,1-2H3,(H,19,22). The maximum atomic E-state index is 12.9. The largest absolute Gasteiger partial charge is 0.355 e. The molecule has 23 heavy (non-hydrogen) atoms. The van der Waals surface area contributed by atoms with E-state index in [1.54, 1.807) is 4.90 Å². The number of halogens is 1. The molecule has 0 bridgehead atoms. The predicted octanol–water partition coefficient (Wildman–Crippen LogP) is 1.50. The van der Waals surface area contributed by atoms with Gasteiger partial charge in [-0.2, -0.15) is 0 Å². The quantitative estimate of drug-likeness (QED) is 0.894. The van der Waals surface area contributed by atoms with E-state index in [1.807, 2.05) is 13.8 Å². The summed E-state index contributed by atoms with van der Waals surface area (Å²) in [5, 5.41) is 2.90. The minimum Gasteiger partial charge on any atom is -0.355 e. The molecule has 6 heteroatoms. The Morgan fingerprint density at radius 3 is 2.35 bits per heavy atom. The van der Waals surface area contributed by atoms with Crippen molar-refractivity contribution >= 4 is 11.8 Å². The summed E-state index contributed by atoms with van der Waals surface area (Å²) >= 11 is 0. The van der Waals surface area contributed by atoms with Gasteiger partial charge in [-0.25, -0.2) is 4.39 Å². The molecule has 0 radical (unpaired) electrons. The average molecular weight is 321 g/mol. The first-order valence-corrected chi connectivity index (χ1v) is 8.09. The van der Waals surface area contributed by atoms with Crippen molar-refractivity contribution < 1.29 is 14.0 Å². The van der Waals surface area contributed by atoms with Crippen LogP contribution in [0, 0.1) is 5.82 Å². The minimum absolute atomic E-state index is 0.0326. The number of carbonyl (C=O) groups excluding carboxylic acids is 2. The molecular formula is C17H24FN3O2. The van der Waals surface area contributed by atoms with Crippen molar-refractivity contribution in [2.45, 2.75) is 26.3 Å². The molecule has 1 atom stereocenters. The Morgan fingerprint density at radius 1 is 1.17 bits per heavy atom. The monoisotopic (exact) mass is 321 g/mol. The number of carbonyl (C=O) groups is 2. The lowest BCUT2D eigenvalue weighted by atomic mass is 10.1. The Bertz CT molecular complexity index is 539. The number of hydrogen-bond donors (Lipinski definition) is 1. The Hall–Kier alpha value is -1.95. The number of benzene rings is 1. The fraction of sp³-hybridized carbons (Fsp3) is 0.529. The van der Waals surface area contributed by atoms with Crippen LogP contribution in [0.15, 0.2) is 24.3 Å². The molecule has 1 saturated heterocycles. The number of nitrogens with zero attached hydrogens (tertiary/aromatic N) is 2. The van der Waals surface area contributed by atoms with E-state index in [-0.39, 0.29) is 23.7 Å². The summed E-state index contributed by atoms with van der Waals surface area (Å²) in [5.74, 6) is -0.406. The summed E-state index contributed by atoms with van der Waals surface area (Å²) in [6.45, 7) is 7.06. The summed E-state index contributed by atoms with van der Waals surface area (Å²) in [5.41, 5.74) is 0.494. The van der Waals surface area contributed by atoms with Gasteiger partial charge in [-0.05, 0) is 37.6 Å². The molecule has 1 aromatic rings. The van der Waals surface area contributed by atoms with Gasteiger partial charge in [0.05, 0.1) is 6.04 Å². The molecule has 1 N–H and O–H groups in total. The summed E-state index contributed by atoms with van der Waals surface area (Å²) in [6.07, 6.45) is 0.915. The van der Waals surface area contributed by atoms with E-state index in [1.165, 1.54) is 24.3 Å². The van der Waals surface area contributed by atoms with Crippen LogP contribution in [0.25, 0.3) is 0 Å². The van der Waals surface area contributed by atoms with E-state index in [4.69, 9.17) is 0 Å². The van der Waals surface area contributed by atoms with E-state index in [0.29, 0.717) is 38.3 Å². The van der Waals surface area contributed by atoms with Gasteiger partial charge in [0.2, 0.25) is 5.91 Å². The van der Waals surface area contributed by atoms with Crippen LogP contribution in [0.2, 0.25) is 0 Å². The Balaban J connectivity index is 1.87. The van der Waals surface area contributed by atoms with Crippen molar-refractivity contribution in [2.24, 2.45) is 0 Å². The van der Waals surface area contributed by atoms with Gasteiger partial charge in [-0.3, -0.25) is 14.5 Å². The molecule has 2 amide bonds. The number of hydrogen-bond acceptors (Lipinski definition) is 3. The molecule has 1 aliphatic heterocycles. The first-order valence-electron chi connectivity index (χ1n) is 8.09. The van der Waals surface area contributed by atoms with Crippen LogP contribution >= 0.6 is 0 Å². The molecule has 0 saturated carbocycles. The highest BCUT2D eigenvalue weighted by molar-refractivity contribution is 5.94. The number of amides is 2. The number of rotatable bonds is 5. The van der Waals surface area contributed by atoms with Crippen molar-refractivity contribution in [2.75, 3.05) is 32.7 Å². The van der Waals surface area contributed by atoms with Crippen molar-refractivity contribution in [1.29, 1.82) is 0 Å². The lowest BCUT2D eigenvalue weighted by Crippen LogP contribution is -2.55. The molecule has 1 fully saturated rings. The van der Waals surface area contributed by atoms with E-state index < -0.39 is 0 Å². The zero-order valence-corrected chi connectivity index (χ0v) is 13.7. The van der Waals surface area contributed by atoms with Crippen LogP contribution in [0.1, 0.15) is 30.6 Å². The fourth-order valence-electron chi connectivity index (χ4n) is 2.65. The summed E-state index contributed by atoms with van der Waals surface area (Å²) in [4.78, 5) is 28.2. The molecule has 1 heterocycles. The van der Waals surface area contributed by atoms with Gasteiger partial charge in [0.15, 0.2) is 0 Å². The van der Waals surface area contributed by atoms with Gasteiger partial charge in [0.1, 0.15) is 5.82 Å². The minimum atomic E-state index is -0.349. The Labute approximate surface area is 136 Å². The Kier molecular flexibility index (Phi) is 6.10. The molecule has 1 unspecified atom stereocenters. The van der Waals surface area contributed by atoms with E-state index >= 15 is 0 Å². The third kappa shape index (κ3) is 4.51. The molecule has 5 nitrogen and oxygen atoms in total. The predicted molar refractivity (Wildman–Crippen MR) is 86.6 cm³/mol. The van der Waals surface area contributed by atoms with Crippen LogP contribution in [0.3, 0.4) is 0 Å². The summed E-state index contributed by atoms with van der Waals surface area (Å²) in [7, 11) is 0. The van der Waals surface area contributed by atoms with Gasteiger partial charge in [-0.15, -0.1) is 0 Å². The summed E-state index contributed by atoms with van der Waals surface area (Å²) < 4.78 is 12.9. The third-order valence-corrected chi connectivity index (χ3v) is 4.17. The molecule has 1 aliphatic rings. The highest BCUT2D eigenvalue weighted by Crippen LogP contribution is 2.11. The first kappa shape index (κ1) is 17.4. The molecule has 0 aromatic heterocycles. The molecule has 126 valence electrons. The van der Waals surface area contributed by atoms with Crippen LogP contribution < -0.4 is 5.32 Å². The fourth-order valence-corrected chi connectivity index (χ4v) is 2.65. The highest BCUT2D eigenvalue weighted by atomic mass is 19.1. The first-order chi connectivity index (χ1) is 11.0. The lowest BCUT2D eigenvalue weighted by Gasteiger charge is -2.37. The van der Waals surface area contributed by atoms with Crippen LogP contribution in [-0.4, -0.2) is 60.4 Å². The average Bonchev–Trinajstić information content (AvgIpc) is 2.59. The van der Waals surface area contributed by atoms with E-state index in [2.05, 4.69) is 10.2 Å². The lowest BCUT2D eigenvalue weighted by molar-refractivity contribution is -0.126. The zero-order chi connectivity index (χ0) is 16.8. The van der Waals surface area contributed by atoms with Gasteiger partial charge >= 0.3 is 0 Å². The van der Waals surface area contributed by atoms with Crippen LogP contribution in [0.5, 0.6) is 0 Å². The van der Waals surface area contributed by atoms with Crippen molar-refractivity contribution in [3.8, 4) is 0 Å². The van der Waals surface area contributed by atoms with Crippen molar-refractivity contribution in [1.82, 2.24) is 15.1 Å². The van der Waals surface area contributed by atoms with Gasteiger partial charge < -0.3 is 10.2 Å². The maximum absolute atomic E-state index is 12.9. The van der Waals surface area contributed by atoms with Crippen LogP contribution in [0.4, 0.5) is 4.39 Å². The second-order valence-corrected chi connectivity index (χ2v) is 5.80. The van der Waals surface area contributed by atoms with E-state index in [0.717, 1.165) is 6.42 Å².